The molecule has 1 amide bonds. The lowest BCUT2D eigenvalue weighted by molar-refractivity contribution is -0.115. The lowest BCUT2D eigenvalue weighted by Gasteiger charge is -2.23. The summed E-state index contributed by atoms with van der Waals surface area (Å²) in [6, 6.07) is 8.74. The number of ether oxygens (including phenoxy) is 2. The molecule has 0 aliphatic heterocycles. The minimum absolute atomic E-state index is 0.120. The van der Waals surface area contributed by atoms with Crippen LogP contribution in [0.2, 0.25) is 0 Å². The number of H-pyrrole nitrogens is 1. The van der Waals surface area contributed by atoms with Crippen molar-refractivity contribution in [2.45, 2.75) is 26.7 Å². The number of anilines is 3. The van der Waals surface area contributed by atoms with Crippen LogP contribution < -0.4 is 20.1 Å². The lowest BCUT2D eigenvalue weighted by Crippen LogP contribution is -2.32. The van der Waals surface area contributed by atoms with Gasteiger partial charge in [-0.1, -0.05) is 19.9 Å². The van der Waals surface area contributed by atoms with Gasteiger partial charge in [0.25, 0.3) is 0 Å². The maximum absolute atomic E-state index is 13.9. The molecule has 4 aromatic rings. The van der Waals surface area contributed by atoms with Gasteiger partial charge in [-0.3, -0.25) is 9.89 Å². The first-order valence-electron chi connectivity index (χ1n) is 13.6. The van der Waals surface area contributed by atoms with Crippen LogP contribution in [-0.4, -0.2) is 76.0 Å². The van der Waals surface area contributed by atoms with Crippen molar-refractivity contribution in [2.24, 2.45) is 5.92 Å². The highest BCUT2D eigenvalue weighted by molar-refractivity contribution is 5.93. The quantitative estimate of drug-likeness (QED) is 0.151. The number of nitrogens with one attached hydrogen (secondary N) is 3. The van der Waals surface area contributed by atoms with Gasteiger partial charge in [0.1, 0.15) is 12.1 Å². The van der Waals surface area contributed by atoms with E-state index in [-0.39, 0.29) is 18.7 Å². The number of aliphatic hydroxyl groups excluding tert-OH is 1. The number of hydrogen-bond donors (Lipinski definition) is 4. The van der Waals surface area contributed by atoms with E-state index in [2.05, 4.69) is 49.5 Å². The molecule has 0 saturated carbocycles. The van der Waals surface area contributed by atoms with Crippen LogP contribution in [0.25, 0.3) is 10.9 Å². The van der Waals surface area contributed by atoms with Crippen LogP contribution in [0.4, 0.5) is 26.1 Å². The van der Waals surface area contributed by atoms with Crippen LogP contribution in [0.5, 0.6) is 11.5 Å². The number of carbonyl (C=O) groups excluding carboxylic acids is 1. The van der Waals surface area contributed by atoms with Crippen LogP contribution in [0.3, 0.4) is 0 Å². The number of aliphatic hydroxyl groups is 1. The van der Waals surface area contributed by atoms with Gasteiger partial charge in [-0.25, -0.2) is 18.7 Å². The first-order valence-corrected chi connectivity index (χ1v) is 13.6. The second kappa shape index (κ2) is 14.5. The molecule has 4 N–H and O–H groups in total. The van der Waals surface area contributed by atoms with E-state index < -0.39 is 17.5 Å². The minimum Gasteiger partial charge on any atom is -0.493 e. The van der Waals surface area contributed by atoms with Crippen molar-refractivity contribution < 1.29 is 28.2 Å². The van der Waals surface area contributed by atoms with Crippen molar-refractivity contribution in [3.63, 3.8) is 0 Å². The zero-order valence-electron chi connectivity index (χ0n) is 23.8. The molecular weight excluding hydrogens is 548 g/mol. The Labute approximate surface area is 242 Å². The number of halogens is 2. The molecule has 4 rings (SSSR count). The van der Waals surface area contributed by atoms with Gasteiger partial charge in [0, 0.05) is 42.8 Å². The van der Waals surface area contributed by atoms with Crippen LogP contribution in [0.15, 0.2) is 42.7 Å². The van der Waals surface area contributed by atoms with Crippen molar-refractivity contribution in [3.05, 3.63) is 60.1 Å². The molecule has 2 aromatic carbocycles. The number of hydrogen-bond acceptors (Lipinski definition) is 9. The summed E-state index contributed by atoms with van der Waals surface area (Å²) in [6.45, 7) is 7.23. The zero-order valence-corrected chi connectivity index (χ0v) is 23.8. The summed E-state index contributed by atoms with van der Waals surface area (Å²) in [6.07, 6.45) is 2.05. The van der Waals surface area contributed by atoms with E-state index in [9.17, 15) is 18.7 Å². The van der Waals surface area contributed by atoms with Crippen molar-refractivity contribution in [2.75, 3.05) is 50.6 Å². The Morgan fingerprint density at radius 1 is 1.14 bits per heavy atom. The van der Waals surface area contributed by atoms with Gasteiger partial charge < -0.3 is 30.1 Å². The number of amides is 1. The Hall–Kier alpha value is -4.36. The first kappa shape index (κ1) is 30.6. The SMILES string of the molecule is COc1cc2c(Nc3cc(CC(=O)Nc4cccc(F)c4F)[nH]n3)ncnc2cc1OCCCN(CCO)CC(C)C. The number of aromatic amines is 1. The highest BCUT2D eigenvalue weighted by atomic mass is 19.2. The number of methoxy groups -OCH3 is 1. The molecule has 2 aromatic heterocycles. The average molecular weight is 584 g/mol. The molecule has 13 heteroatoms. The number of rotatable bonds is 15. The summed E-state index contributed by atoms with van der Waals surface area (Å²) in [5, 5.41) is 22.4. The second-order valence-electron chi connectivity index (χ2n) is 10.1. The summed E-state index contributed by atoms with van der Waals surface area (Å²) < 4.78 is 38.9. The molecule has 0 fully saturated rings. The Morgan fingerprint density at radius 3 is 2.74 bits per heavy atom. The van der Waals surface area contributed by atoms with Gasteiger partial charge in [0.2, 0.25) is 5.91 Å². The number of benzene rings is 2. The van der Waals surface area contributed by atoms with E-state index in [1.54, 1.807) is 25.3 Å². The zero-order chi connectivity index (χ0) is 30.1. The molecule has 0 saturated heterocycles. The van der Waals surface area contributed by atoms with E-state index in [0.717, 1.165) is 25.6 Å². The monoisotopic (exact) mass is 583 g/mol. The molecule has 0 atom stereocenters. The topological polar surface area (TPSA) is 138 Å². The van der Waals surface area contributed by atoms with Gasteiger partial charge >= 0.3 is 0 Å². The maximum atomic E-state index is 13.9. The highest BCUT2D eigenvalue weighted by Crippen LogP contribution is 2.34. The molecule has 2 heterocycles. The fourth-order valence-corrected chi connectivity index (χ4v) is 4.46. The molecule has 0 bridgehead atoms. The summed E-state index contributed by atoms with van der Waals surface area (Å²) in [7, 11) is 1.55. The number of fused-ring (bicyclic) bond motifs is 1. The Balaban J connectivity index is 1.40. The summed E-state index contributed by atoms with van der Waals surface area (Å²) in [5.74, 6) is -0.287. The molecule has 0 unspecified atom stereocenters. The number of nitrogens with zero attached hydrogens (tertiary/aromatic N) is 4. The third kappa shape index (κ3) is 8.10. The minimum atomic E-state index is -1.12. The van der Waals surface area contributed by atoms with Crippen molar-refractivity contribution in [1.29, 1.82) is 0 Å². The van der Waals surface area contributed by atoms with Crippen molar-refractivity contribution in [1.82, 2.24) is 25.1 Å². The van der Waals surface area contributed by atoms with Crippen LogP contribution in [0, 0.1) is 17.6 Å². The fraction of sp³-hybridized carbons (Fsp3) is 0.379. The average Bonchev–Trinajstić information content (AvgIpc) is 3.39. The Morgan fingerprint density at radius 2 is 1.98 bits per heavy atom. The predicted molar refractivity (Wildman–Crippen MR) is 155 cm³/mol. The molecule has 0 radical (unpaired) electrons. The Kier molecular flexibility index (Phi) is 10.6. The third-order valence-electron chi connectivity index (χ3n) is 6.29. The van der Waals surface area contributed by atoms with Crippen LogP contribution in [-0.2, 0) is 11.2 Å². The normalized spacial score (nSPS) is 11.3. The van der Waals surface area contributed by atoms with Crippen LogP contribution in [0.1, 0.15) is 26.0 Å². The summed E-state index contributed by atoms with van der Waals surface area (Å²) >= 11 is 0. The van der Waals surface area contributed by atoms with E-state index in [1.807, 2.05) is 0 Å². The summed E-state index contributed by atoms with van der Waals surface area (Å²) in [5.41, 5.74) is 0.832. The van der Waals surface area contributed by atoms with E-state index in [0.29, 0.717) is 58.8 Å². The highest BCUT2D eigenvalue weighted by Gasteiger charge is 2.15. The molecule has 0 spiro atoms. The largest absolute Gasteiger partial charge is 0.493 e. The third-order valence-corrected chi connectivity index (χ3v) is 6.29. The second-order valence-corrected chi connectivity index (χ2v) is 10.1. The smallest absolute Gasteiger partial charge is 0.230 e. The molecule has 0 aliphatic carbocycles. The molecule has 224 valence electrons. The van der Waals surface area contributed by atoms with Gasteiger partial charge in [-0.15, -0.1) is 0 Å². The molecule has 11 nitrogen and oxygen atoms in total. The van der Waals surface area contributed by atoms with Gasteiger partial charge in [0.05, 0.1) is 37.9 Å². The number of carbonyl (C=O) groups is 1. The van der Waals surface area contributed by atoms with Crippen molar-refractivity contribution >= 4 is 34.1 Å². The first-order chi connectivity index (χ1) is 20.3. The van der Waals surface area contributed by atoms with Gasteiger partial charge in [0.15, 0.2) is 29.0 Å². The van der Waals surface area contributed by atoms with E-state index in [1.165, 1.54) is 18.5 Å². The lowest BCUT2D eigenvalue weighted by atomic mass is 10.2. The molecule has 42 heavy (non-hydrogen) atoms. The Bertz CT molecular complexity index is 1500. The van der Waals surface area contributed by atoms with Gasteiger partial charge in [-0.05, 0) is 30.5 Å². The number of aromatic nitrogens is 4. The molecular formula is C29H35F2N7O4. The van der Waals surface area contributed by atoms with Crippen LogP contribution >= 0.6 is 0 Å². The maximum Gasteiger partial charge on any atom is 0.230 e. The standard InChI is InChI=1S/C29H35F2N7O4/c1-18(2)16-38(9-10-39)8-5-11-42-25-15-23-20(14-24(25)41-3)29(33-17-32-23)35-26-12-19(36-37-26)13-27(40)34-22-7-4-6-21(30)28(22)31/h4,6-7,12,14-15,17-18,39H,5,8-11,13,16H2,1-3H3,(H,34,40)(H2,32,33,35,36,37). The fourth-order valence-electron chi connectivity index (χ4n) is 4.46. The van der Waals surface area contributed by atoms with E-state index >= 15 is 0 Å². The summed E-state index contributed by atoms with van der Waals surface area (Å²) in [4.78, 5) is 23.3. The van der Waals surface area contributed by atoms with Gasteiger partial charge in [-0.2, -0.15) is 5.10 Å². The van der Waals surface area contributed by atoms with Crippen molar-refractivity contribution in [3.8, 4) is 11.5 Å². The van der Waals surface area contributed by atoms with E-state index in [4.69, 9.17) is 9.47 Å². The predicted octanol–water partition coefficient (Wildman–Crippen LogP) is 4.28. The molecule has 0 aliphatic rings.